The molecule has 1 heterocycles. The van der Waals surface area contributed by atoms with Crippen molar-refractivity contribution < 1.29 is 13.2 Å². The van der Waals surface area contributed by atoms with Gasteiger partial charge >= 0.3 is 6.01 Å². The van der Waals surface area contributed by atoms with Crippen molar-refractivity contribution >= 4 is 15.7 Å². The Balaban J connectivity index is 2.24. The summed E-state index contributed by atoms with van der Waals surface area (Å²) < 4.78 is 32.4. The lowest BCUT2D eigenvalue weighted by Crippen LogP contribution is -2.09. The molecule has 2 aromatic rings. The summed E-state index contributed by atoms with van der Waals surface area (Å²) in [6.45, 7) is 4.68. The topological polar surface area (TPSA) is 86.1 Å². The van der Waals surface area contributed by atoms with Crippen LogP contribution in [0.15, 0.2) is 24.3 Å². The monoisotopic (exact) mass is 310 g/mol. The lowest BCUT2D eigenvalue weighted by atomic mass is 10.3. The number of aromatic nitrogens is 3. The summed E-state index contributed by atoms with van der Waals surface area (Å²) >= 11 is 0. The van der Waals surface area contributed by atoms with Crippen LogP contribution in [0.3, 0.4) is 0 Å². The molecule has 0 saturated carbocycles. The van der Waals surface area contributed by atoms with Gasteiger partial charge in [-0.1, -0.05) is 18.1 Å². The van der Waals surface area contributed by atoms with Gasteiger partial charge in [0.05, 0.1) is 11.9 Å². The van der Waals surface area contributed by atoms with E-state index in [1.54, 1.807) is 24.3 Å². The van der Waals surface area contributed by atoms with Crippen LogP contribution < -0.4 is 9.46 Å². The molecular formula is C13H18N4O3S. The number of nitrogens with zero attached hydrogens (tertiary/aromatic N) is 3. The Bertz CT molecular complexity index is 725. The highest BCUT2D eigenvalue weighted by Crippen LogP contribution is 2.24. The molecule has 0 spiro atoms. The Morgan fingerprint density at radius 1 is 1.29 bits per heavy atom. The second-order valence-corrected chi connectivity index (χ2v) is 6.25. The molecule has 0 fully saturated rings. The molecule has 2 rings (SSSR count). The van der Waals surface area contributed by atoms with E-state index < -0.39 is 10.0 Å². The number of hydrogen-bond acceptors (Lipinski definition) is 5. The fourth-order valence-electron chi connectivity index (χ4n) is 1.92. The Hall–Kier alpha value is -2.09. The van der Waals surface area contributed by atoms with E-state index in [9.17, 15) is 8.42 Å². The first-order chi connectivity index (χ1) is 9.93. The van der Waals surface area contributed by atoms with Gasteiger partial charge in [0, 0.05) is 19.0 Å². The predicted octanol–water partition coefficient (Wildman–Crippen LogP) is 2.02. The van der Waals surface area contributed by atoms with E-state index in [2.05, 4.69) is 14.9 Å². The molecule has 7 nitrogen and oxygen atoms in total. The van der Waals surface area contributed by atoms with Crippen molar-refractivity contribution in [1.82, 2.24) is 14.8 Å². The minimum Gasteiger partial charge on any atom is -0.424 e. The fraction of sp³-hybridized carbons (Fsp3) is 0.385. The molecule has 0 aliphatic heterocycles. The number of nitrogens with one attached hydrogen (secondary N) is 1. The van der Waals surface area contributed by atoms with Crippen LogP contribution in [-0.4, -0.2) is 29.4 Å². The third-order valence-corrected chi connectivity index (χ3v) is 3.38. The van der Waals surface area contributed by atoms with E-state index >= 15 is 0 Å². The number of anilines is 1. The molecule has 1 N–H and O–H groups in total. The zero-order valence-corrected chi connectivity index (χ0v) is 13.0. The number of aryl methyl sites for hydroxylation is 1. The first-order valence-electron chi connectivity index (χ1n) is 6.60. The van der Waals surface area contributed by atoms with Crippen LogP contribution in [0.25, 0.3) is 0 Å². The summed E-state index contributed by atoms with van der Waals surface area (Å²) in [5.41, 5.74) is 0.438. The molecule has 21 heavy (non-hydrogen) atoms. The Morgan fingerprint density at radius 3 is 2.67 bits per heavy atom. The van der Waals surface area contributed by atoms with Crippen molar-refractivity contribution in [2.24, 2.45) is 0 Å². The van der Waals surface area contributed by atoms with Crippen LogP contribution >= 0.6 is 0 Å². The smallest absolute Gasteiger partial charge is 0.322 e. The van der Waals surface area contributed by atoms with Crippen LogP contribution in [-0.2, 0) is 23.0 Å². The molecule has 0 atom stereocenters. The van der Waals surface area contributed by atoms with Crippen molar-refractivity contribution in [2.45, 2.75) is 26.8 Å². The van der Waals surface area contributed by atoms with Crippen molar-refractivity contribution in [3.05, 3.63) is 30.1 Å². The summed E-state index contributed by atoms with van der Waals surface area (Å²) in [6, 6.07) is 7.08. The summed E-state index contributed by atoms with van der Waals surface area (Å²) in [5, 5.41) is 8.07. The van der Waals surface area contributed by atoms with Gasteiger partial charge in [-0.15, -0.1) is 5.10 Å². The Labute approximate surface area is 124 Å². The largest absolute Gasteiger partial charge is 0.424 e. The highest BCUT2D eigenvalue weighted by Gasteiger charge is 2.11. The van der Waals surface area contributed by atoms with Crippen LogP contribution in [0, 0.1) is 0 Å². The molecule has 1 aromatic carbocycles. The molecular weight excluding hydrogens is 292 g/mol. The normalized spacial score (nSPS) is 11.4. The molecule has 0 saturated heterocycles. The van der Waals surface area contributed by atoms with Crippen LogP contribution in [0.4, 0.5) is 5.69 Å². The van der Waals surface area contributed by atoms with Gasteiger partial charge in [0.2, 0.25) is 10.0 Å². The van der Waals surface area contributed by atoms with Gasteiger partial charge in [0.15, 0.2) is 0 Å². The SMILES string of the molecule is CCc1nnc(Oc2cccc(NS(C)(=O)=O)c2)n1CC. The Kier molecular flexibility index (Phi) is 4.46. The van der Waals surface area contributed by atoms with Crippen LogP contribution in [0.2, 0.25) is 0 Å². The number of rotatable bonds is 6. The van der Waals surface area contributed by atoms with Crippen LogP contribution in [0.5, 0.6) is 11.8 Å². The molecule has 0 radical (unpaired) electrons. The summed E-state index contributed by atoms with van der Waals surface area (Å²) in [7, 11) is -3.32. The number of sulfonamides is 1. The summed E-state index contributed by atoms with van der Waals surface area (Å²) in [5.74, 6) is 1.34. The van der Waals surface area contributed by atoms with Gasteiger partial charge in [-0.2, -0.15) is 0 Å². The van der Waals surface area contributed by atoms with E-state index in [-0.39, 0.29) is 0 Å². The van der Waals surface area contributed by atoms with E-state index in [0.29, 0.717) is 24.0 Å². The maximum atomic E-state index is 11.2. The molecule has 1 aromatic heterocycles. The van der Waals surface area contributed by atoms with E-state index in [4.69, 9.17) is 4.74 Å². The minimum atomic E-state index is -3.32. The number of hydrogen-bond donors (Lipinski definition) is 1. The lowest BCUT2D eigenvalue weighted by Gasteiger charge is -2.09. The Morgan fingerprint density at radius 2 is 2.05 bits per heavy atom. The van der Waals surface area contributed by atoms with Crippen molar-refractivity contribution in [3.63, 3.8) is 0 Å². The van der Waals surface area contributed by atoms with Gasteiger partial charge in [-0.05, 0) is 19.1 Å². The summed E-state index contributed by atoms with van der Waals surface area (Å²) in [6.07, 6.45) is 1.86. The zero-order chi connectivity index (χ0) is 15.5. The van der Waals surface area contributed by atoms with Crippen molar-refractivity contribution in [1.29, 1.82) is 0 Å². The third-order valence-electron chi connectivity index (χ3n) is 2.77. The molecule has 8 heteroatoms. The van der Waals surface area contributed by atoms with Crippen LogP contribution in [0.1, 0.15) is 19.7 Å². The predicted molar refractivity (Wildman–Crippen MR) is 80.1 cm³/mol. The molecule has 0 bridgehead atoms. The van der Waals surface area contributed by atoms with Crippen molar-refractivity contribution in [3.8, 4) is 11.8 Å². The molecule has 0 unspecified atom stereocenters. The first-order valence-corrected chi connectivity index (χ1v) is 8.50. The highest BCUT2D eigenvalue weighted by atomic mass is 32.2. The first kappa shape index (κ1) is 15.3. The number of ether oxygens (including phenoxy) is 1. The average Bonchev–Trinajstić information content (AvgIpc) is 2.79. The van der Waals surface area contributed by atoms with E-state index in [1.807, 2.05) is 18.4 Å². The summed E-state index contributed by atoms with van der Waals surface area (Å²) in [4.78, 5) is 0. The third kappa shape index (κ3) is 3.94. The minimum absolute atomic E-state index is 0.394. The van der Waals surface area contributed by atoms with Gasteiger partial charge in [-0.25, -0.2) is 8.42 Å². The van der Waals surface area contributed by atoms with Gasteiger partial charge in [0.1, 0.15) is 11.6 Å². The van der Waals surface area contributed by atoms with Crippen molar-refractivity contribution in [2.75, 3.05) is 11.0 Å². The second-order valence-electron chi connectivity index (χ2n) is 4.50. The average molecular weight is 310 g/mol. The number of benzene rings is 1. The fourth-order valence-corrected chi connectivity index (χ4v) is 2.47. The quantitative estimate of drug-likeness (QED) is 0.882. The maximum absolute atomic E-state index is 11.2. The molecule has 0 amide bonds. The zero-order valence-electron chi connectivity index (χ0n) is 12.2. The molecule has 0 aliphatic rings. The highest BCUT2D eigenvalue weighted by molar-refractivity contribution is 7.92. The van der Waals surface area contributed by atoms with Gasteiger partial charge in [0.25, 0.3) is 0 Å². The lowest BCUT2D eigenvalue weighted by molar-refractivity contribution is 0.411. The van der Waals surface area contributed by atoms with E-state index in [0.717, 1.165) is 18.5 Å². The molecule has 114 valence electrons. The standard InChI is InChI=1S/C13H18N4O3S/c1-4-12-14-15-13(17(12)5-2)20-11-8-6-7-10(9-11)16-21(3,18)19/h6-9,16H,4-5H2,1-3H3. The second kappa shape index (κ2) is 6.13. The maximum Gasteiger partial charge on any atom is 0.322 e. The van der Waals surface area contributed by atoms with E-state index in [1.165, 1.54) is 0 Å². The van der Waals surface area contributed by atoms with Gasteiger partial charge in [-0.3, -0.25) is 9.29 Å². The van der Waals surface area contributed by atoms with Gasteiger partial charge < -0.3 is 4.74 Å². The molecule has 0 aliphatic carbocycles.